The van der Waals surface area contributed by atoms with Crippen molar-refractivity contribution < 1.29 is 33.3 Å². The molecule has 1 saturated heterocycles. The van der Waals surface area contributed by atoms with E-state index in [1.165, 1.54) is 0 Å². The fraction of sp³-hybridized carbons (Fsp3) is 0.700. The Bertz CT molecular complexity index is 993. The molecule has 0 aliphatic carbocycles. The molecule has 1 aliphatic heterocycles. The first-order chi connectivity index (χ1) is 18.7. The van der Waals surface area contributed by atoms with Gasteiger partial charge in [-0.2, -0.15) is 0 Å². The summed E-state index contributed by atoms with van der Waals surface area (Å²) in [5.41, 5.74) is -0.0984. The SMILES string of the molecule is COCCCOc1ccc(Br)cc1NC(=O)C[C@@H](C[C@H](NC(=O)OC(C)(C)C)[C@H]1C[C@@H](C(C)C)C(=O)O1)C(C)C. The van der Waals surface area contributed by atoms with Gasteiger partial charge in [0.1, 0.15) is 17.5 Å². The van der Waals surface area contributed by atoms with Crippen molar-refractivity contribution in [2.45, 2.75) is 91.9 Å². The summed E-state index contributed by atoms with van der Waals surface area (Å²) in [4.78, 5) is 38.6. The van der Waals surface area contributed by atoms with E-state index in [4.69, 9.17) is 18.9 Å². The highest BCUT2D eigenvalue weighted by Crippen LogP contribution is 2.34. The van der Waals surface area contributed by atoms with Crippen molar-refractivity contribution in [3.8, 4) is 5.75 Å². The molecular weight excluding hydrogens is 580 g/mol. The van der Waals surface area contributed by atoms with Gasteiger partial charge in [-0.05, 0) is 69.6 Å². The molecule has 0 aromatic heterocycles. The molecule has 1 aromatic rings. The van der Waals surface area contributed by atoms with E-state index in [9.17, 15) is 14.4 Å². The molecule has 0 saturated carbocycles. The van der Waals surface area contributed by atoms with Crippen LogP contribution in [0.25, 0.3) is 0 Å². The highest BCUT2D eigenvalue weighted by molar-refractivity contribution is 9.10. The molecule has 0 radical (unpaired) electrons. The molecule has 2 amide bonds. The molecule has 1 heterocycles. The Kier molecular flexibility index (Phi) is 13.2. The van der Waals surface area contributed by atoms with Crippen molar-refractivity contribution in [1.82, 2.24) is 5.32 Å². The molecule has 0 spiro atoms. The second-order valence-electron chi connectivity index (χ2n) is 12.1. The Morgan fingerprint density at radius 3 is 2.42 bits per heavy atom. The van der Waals surface area contributed by atoms with Crippen molar-refractivity contribution in [3.05, 3.63) is 22.7 Å². The van der Waals surface area contributed by atoms with Crippen LogP contribution in [0.15, 0.2) is 22.7 Å². The van der Waals surface area contributed by atoms with E-state index in [2.05, 4.69) is 26.6 Å². The summed E-state index contributed by atoms with van der Waals surface area (Å²) in [6.45, 7) is 14.5. The van der Waals surface area contributed by atoms with Crippen LogP contribution < -0.4 is 15.4 Å². The lowest BCUT2D eigenvalue weighted by Crippen LogP contribution is -2.47. The van der Waals surface area contributed by atoms with E-state index < -0.39 is 23.8 Å². The predicted molar refractivity (Wildman–Crippen MR) is 158 cm³/mol. The van der Waals surface area contributed by atoms with Gasteiger partial charge in [0.25, 0.3) is 0 Å². The summed E-state index contributed by atoms with van der Waals surface area (Å²) in [6, 6.07) is 4.99. The fourth-order valence-electron chi connectivity index (χ4n) is 4.65. The molecule has 2 N–H and O–H groups in total. The number of methoxy groups -OCH3 is 1. The van der Waals surface area contributed by atoms with Crippen LogP contribution in [0.3, 0.4) is 0 Å². The lowest BCUT2D eigenvalue weighted by atomic mass is 9.83. The molecule has 1 aliphatic rings. The average molecular weight is 628 g/mol. The van der Waals surface area contributed by atoms with Crippen LogP contribution in [-0.4, -0.2) is 56.0 Å². The number of nitrogens with one attached hydrogen (secondary N) is 2. The van der Waals surface area contributed by atoms with Crippen LogP contribution in [0.4, 0.5) is 10.5 Å². The number of esters is 1. The minimum absolute atomic E-state index is 0.102. The normalized spacial score (nSPS) is 18.8. The average Bonchev–Trinajstić information content (AvgIpc) is 3.22. The Hall–Kier alpha value is -2.33. The van der Waals surface area contributed by atoms with Gasteiger partial charge in [0.15, 0.2) is 0 Å². The van der Waals surface area contributed by atoms with Gasteiger partial charge in [-0.3, -0.25) is 9.59 Å². The van der Waals surface area contributed by atoms with Gasteiger partial charge in [-0.15, -0.1) is 0 Å². The number of anilines is 1. The van der Waals surface area contributed by atoms with Crippen molar-refractivity contribution in [3.63, 3.8) is 0 Å². The lowest BCUT2D eigenvalue weighted by molar-refractivity contribution is -0.146. The van der Waals surface area contributed by atoms with Crippen LogP contribution in [0.1, 0.15) is 74.1 Å². The zero-order valence-electron chi connectivity index (χ0n) is 25.2. The van der Waals surface area contributed by atoms with Crippen molar-refractivity contribution in [1.29, 1.82) is 0 Å². The first-order valence-electron chi connectivity index (χ1n) is 14.1. The van der Waals surface area contributed by atoms with E-state index in [0.29, 0.717) is 37.5 Å². The zero-order chi connectivity index (χ0) is 30.0. The van der Waals surface area contributed by atoms with Crippen LogP contribution in [-0.2, 0) is 23.8 Å². The fourth-order valence-corrected chi connectivity index (χ4v) is 5.01. The first-order valence-corrected chi connectivity index (χ1v) is 14.9. The van der Waals surface area contributed by atoms with E-state index in [1.807, 2.05) is 45.9 Å². The molecule has 1 aromatic carbocycles. The zero-order valence-corrected chi connectivity index (χ0v) is 26.8. The molecule has 9 nitrogen and oxygen atoms in total. The number of halogens is 1. The second-order valence-corrected chi connectivity index (χ2v) is 13.1. The number of hydrogen-bond acceptors (Lipinski definition) is 7. The number of hydrogen-bond donors (Lipinski definition) is 2. The Morgan fingerprint density at radius 2 is 1.85 bits per heavy atom. The van der Waals surface area contributed by atoms with Crippen LogP contribution in [0.2, 0.25) is 0 Å². The molecule has 0 bridgehead atoms. The van der Waals surface area contributed by atoms with E-state index in [-0.39, 0.29) is 42.0 Å². The van der Waals surface area contributed by atoms with Crippen molar-refractivity contribution in [2.75, 3.05) is 25.6 Å². The van der Waals surface area contributed by atoms with Gasteiger partial charge >= 0.3 is 12.1 Å². The number of amides is 2. The highest BCUT2D eigenvalue weighted by atomic mass is 79.9. The summed E-state index contributed by atoms with van der Waals surface area (Å²) < 4.78 is 23.0. The monoisotopic (exact) mass is 626 g/mol. The van der Waals surface area contributed by atoms with Gasteiger partial charge in [0.05, 0.1) is 24.3 Å². The van der Waals surface area contributed by atoms with Crippen LogP contribution in [0, 0.1) is 23.7 Å². The summed E-state index contributed by atoms with van der Waals surface area (Å²) >= 11 is 3.47. The molecule has 4 atom stereocenters. The standard InChI is InChI=1S/C30H47BrN2O7/c1-18(2)20(15-27(34)32-24-16-21(31)10-11-25(24)38-13-9-12-37-8)14-23(33-29(36)40-30(5,6)7)26-17-22(19(3)4)28(35)39-26/h10-11,16,18-20,22-23,26H,9,12-15,17H2,1-8H3,(H,32,34)(H,33,36)/t20-,22+,23+,26-/m1/s1. The molecular formula is C30H47BrN2O7. The summed E-state index contributed by atoms with van der Waals surface area (Å²) in [5, 5.41) is 5.95. The van der Waals surface area contributed by atoms with E-state index in [0.717, 1.165) is 10.9 Å². The minimum atomic E-state index is -0.675. The van der Waals surface area contributed by atoms with Gasteiger partial charge in [-0.25, -0.2) is 4.79 Å². The molecule has 226 valence electrons. The van der Waals surface area contributed by atoms with Gasteiger partial charge < -0.3 is 29.6 Å². The highest BCUT2D eigenvalue weighted by Gasteiger charge is 2.42. The topological polar surface area (TPSA) is 112 Å². The molecule has 2 rings (SSSR count). The largest absolute Gasteiger partial charge is 0.491 e. The van der Waals surface area contributed by atoms with Gasteiger partial charge in [0.2, 0.25) is 5.91 Å². The molecule has 40 heavy (non-hydrogen) atoms. The van der Waals surface area contributed by atoms with Crippen molar-refractivity contribution in [2.24, 2.45) is 23.7 Å². The summed E-state index contributed by atoms with van der Waals surface area (Å²) in [5.74, 6) is 0.0836. The molecule has 0 unspecified atom stereocenters. The van der Waals surface area contributed by atoms with E-state index >= 15 is 0 Å². The minimum Gasteiger partial charge on any atom is -0.491 e. The second kappa shape index (κ2) is 15.6. The molecule has 1 fully saturated rings. The Balaban J connectivity index is 2.17. The number of ether oxygens (including phenoxy) is 4. The third kappa shape index (κ3) is 11.3. The number of rotatable bonds is 14. The predicted octanol–water partition coefficient (Wildman–Crippen LogP) is 6.34. The third-order valence-corrected chi connectivity index (χ3v) is 7.42. The first kappa shape index (κ1) is 33.9. The molecule has 10 heteroatoms. The third-order valence-electron chi connectivity index (χ3n) is 6.93. The number of alkyl carbamates (subject to hydrolysis) is 1. The van der Waals surface area contributed by atoms with Crippen molar-refractivity contribution >= 4 is 39.6 Å². The maximum absolute atomic E-state index is 13.3. The Labute approximate surface area is 247 Å². The number of carbonyl (C=O) groups is 3. The summed E-state index contributed by atoms with van der Waals surface area (Å²) in [7, 11) is 1.64. The number of carbonyl (C=O) groups excluding carboxylic acids is 3. The quantitative estimate of drug-likeness (QED) is 0.183. The van der Waals surface area contributed by atoms with Crippen LogP contribution in [0.5, 0.6) is 5.75 Å². The van der Waals surface area contributed by atoms with Gasteiger partial charge in [0, 0.05) is 31.0 Å². The number of cyclic esters (lactones) is 1. The smallest absolute Gasteiger partial charge is 0.408 e. The van der Waals surface area contributed by atoms with Crippen LogP contribution >= 0.6 is 15.9 Å². The maximum atomic E-state index is 13.3. The lowest BCUT2D eigenvalue weighted by Gasteiger charge is -2.31. The van der Waals surface area contributed by atoms with E-state index in [1.54, 1.807) is 27.9 Å². The number of benzene rings is 1. The Morgan fingerprint density at radius 1 is 1.15 bits per heavy atom. The maximum Gasteiger partial charge on any atom is 0.408 e. The summed E-state index contributed by atoms with van der Waals surface area (Å²) in [6.07, 6.45) is 0.840. The van der Waals surface area contributed by atoms with Gasteiger partial charge in [-0.1, -0.05) is 43.6 Å².